The molecule has 0 atom stereocenters. The SMILES string of the molecule is Nc1csc(O[PH](=O)Oc2cc(N)cs2)c1. The van der Waals surface area contributed by atoms with Crippen LogP contribution in [0.2, 0.25) is 0 Å². The second-order valence-corrected chi connectivity index (χ2v) is 5.51. The van der Waals surface area contributed by atoms with Gasteiger partial charge in [-0.25, -0.2) is 4.57 Å². The van der Waals surface area contributed by atoms with E-state index in [1.54, 1.807) is 22.9 Å². The van der Waals surface area contributed by atoms with Gasteiger partial charge in [0.15, 0.2) is 10.1 Å². The zero-order valence-electron chi connectivity index (χ0n) is 8.01. The van der Waals surface area contributed by atoms with Crippen molar-refractivity contribution in [1.82, 2.24) is 0 Å². The van der Waals surface area contributed by atoms with Gasteiger partial charge in [0.2, 0.25) is 0 Å². The molecule has 5 nitrogen and oxygen atoms in total. The standard InChI is InChI=1S/C8H9N2O3PS2/c9-5-1-7(15-3-5)12-14(11)13-8-2-6(10)4-16-8/h1-4,14H,9-10H2. The van der Waals surface area contributed by atoms with E-state index in [1.807, 2.05) is 0 Å². The molecule has 4 N–H and O–H groups in total. The molecule has 0 saturated heterocycles. The van der Waals surface area contributed by atoms with Crippen molar-refractivity contribution in [1.29, 1.82) is 0 Å². The molecule has 0 aliphatic heterocycles. The number of thiophene rings is 2. The number of hydrogen-bond donors (Lipinski definition) is 2. The highest BCUT2D eigenvalue weighted by Crippen LogP contribution is 2.37. The Morgan fingerprint density at radius 3 is 1.75 bits per heavy atom. The topological polar surface area (TPSA) is 87.6 Å². The van der Waals surface area contributed by atoms with E-state index in [1.165, 1.54) is 22.7 Å². The zero-order chi connectivity index (χ0) is 11.5. The Hall–Kier alpha value is -1.17. The van der Waals surface area contributed by atoms with Crippen molar-refractivity contribution >= 4 is 42.3 Å². The third-order valence-corrected chi connectivity index (χ3v) is 4.28. The predicted molar refractivity (Wildman–Crippen MR) is 67.7 cm³/mol. The molecule has 0 spiro atoms. The van der Waals surface area contributed by atoms with Crippen molar-refractivity contribution in [2.24, 2.45) is 0 Å². The smallest absolute Gasteiger partial charge is 0.407 e. The summed E-state index contributed by atoms with van der Waals surface area (Å²) >= 11 is 2.54. The summed E-state index contributed by atoms with van der Waals surface area (Å²) in [6.45, 7) is 0. The first-order chi connectivity index (χ1) is 7.63. The molecule has 0 aliphatic carbocycles. The van der Waals surface area contributed by atoms with Crippen LogP contribution in [0, 0.1) is 0 Å². The van der Waals surface area contributed by atoms with Crippen molar-refractivity contribution in [2.75, 3.05) is 11.5 Å². The number of rotatable bonds is 4. The molecule has 0 amide bonds. The van der Waals surface area contributed by atoms with Crippen LogP contribution < -0.4 is 20.5 Å². The lowest BCUT2D eigenvalue weighted by Crippen LogP contribution is -1.85. The number of nitrogen functional groups attached to an aromatic ring is 2. The molecule has 0 saturated carbocycles. The second kappa shape index (κ2) is 4.78. The summed E-state index contributed by atoms with van der Waals surface area (Å²) in [5, 5.41) is 4.36. The van der Waals surface area contributed by atoms with Crippen LogP contribution >= 0.6 is 30.9 Å². The van der Waals surface area contributed by atoms with Gasteiger partial charge in [-0.2, -0.15) is 0 Å². The van der Waals surface area contributed by atoms with Crippen LogP contribution in [0.5, 0.6) is 10.1 Å². The third kappa shape index (κ3) is 2.91. The molecule has 0 unspecified atom stereocenters. The van der Waals surface area contributed by atoms with Crippen LogP contribution in [0.4, 0.5) is 11.4 Å². The van der Waals surface area contributed by atoms with Crippen molar-refractivity contribution < 1.29 is 13.6 Å². The van der Waals surface area contributed by atoms with Gasteiger partial charge in [-0.1, -0.05) is 0 Å². The minimum Gasteiger partial charge on any atom is -0.407 e. The van der Waals surface area contributed by atoms with Gasteiger partial charge in [0.25, 0.3) is 0 Å². The van der Waals surface area contributed by atoms with Gasteiger partial charge in [-0.15, -0.1) is 22.7 Å². The Bertz CT molecular complexity index is 467. The van der Waals surface area contributed by atoms with Crippen LogP contribution in [-0.2, 0) is 4.57 Å². The predicted octanol–water partition coefficient (Wildman–Crippen LogP) is 2.82. The van der Waals surface area contributed by atoms with E-state index in [2.05, 4.69) is 0 Å². The average Bonchev–Trinajstić information content (AvgIpc) is 2.76. The van der Waals surface area contributed by atoms with Gasteiger partial charge in [0, 0.05) is 34.3 Å². The lowest BCUT2D eigenvalue weighted by molar-refractivity contribution is 0.424. The normalized spacial score (nSPS) is 10.6. The molecule has 0 fully saturated rings. The van der Waals surface area contributed by atoms with Gasteiger partial charge in [0.05, 0.1) is 0 Å². The van der Waals surface area contributed by atoms with Crippen LogP contribution in [-0.4, -0.2) is 0 Å². The Balaban J connectivity index is 1.94. The van der Waals surface area contributed by atoms with Gasteiger partial charge in [-0.3, -0.25) is 0 Å². The summed E-state index contributed by atoms with van der Waals surface area (Å²) in [4.78, 5) is 0. The maximum Gasteiger partial charge on any atom is 0.420 e. The van der Waals surface area contributed by atoms with Crippen LogP contribution in [0.3, 0.4) is 0 Å². The average molecular weight is 276 g/mol. The summed E-state index contributed by atoms with van der Waals surface area (Å²) < 4.78 is 21.6. The lowest BCUT2D eigenvalue weighted by atomic mass is 10.6. The Morgan fingerprint density at radius 2 is 1.44 bits per heavy atom. The number of anilines is 2. The van der Waals surface area contributed by atoms with Gasteiger partial charge in [-0.05, 0) is 0 Å². The molecular weight excluding hydrogens is 267 g/mol. The van der Waals surface area contributed by atoms with Crippen molar-refractivity contribution in [3.05, 3.63) is 22.9 Å². The molecule has 0 aliphatic rings. The van der Waals surface area contributed by atoms with Gasteiger partial charge in [0.1, 0.15) is 0 Å². The first kappa shape index (κ1) is 11.3. The largest absolute Gasteiger partial charge is 0.420 e. The highest BCUT2D eigenvalue weighted by atomic mass is 32.1. The molecule has 2 aromatic heterocycles. The first-order valence-corrected chi connectivity index (χ1v) is 7.19. The molecule has 16 heavy (non-hydrogen) atoms. The maximum absolute atomic E-state index is 11.5. The maximum atomic E-state index is 11.5. The Labute approximate surface area is 101 Å². The second-order valence-electron chi connectivity index (χ2n) is 2.85. The molecule has 2 heterocycles. The molecule has 2 rings (SSSR count). The van der Waals surface area contributed by atoms with E-state index in [4.69, 9.17) is 20.5 Å². The van der Waals surface area contributed by atoms with Crippen molar-refractivity contribution in [3.63, 3.8) is 0 Å². The van der Waals surface area contributed by atoms with E-state index < -0.39 is 8.25 Å². The summed E-state index contributed by atoms with van der Waals surface area (Å²) in [5.41, 5.74) is 12.1. The number of hydrogen-bond acceptors (Lipinski definition) is 7. The Kier molecular flexibility index (Phi) is 3.38. The fourth-order valence-electron chi connectivity index (χ4n) is 0.953. The van der Waals surface area contributed by atoms with E-state index >= 15 is 0 Å². The highest BCUT2D eigenvalue weighted by Gasteiger charge is 2.07. The first-order valence-electron chi connectivity index (χ1n) is 4.21. The molecule has 0 radical (unpaired) electrons. The van der Waals surface area contributed by atoms with E-state index in [9.17, 15) is 4.57 Å². The monoisotopic (exact) mass is 276 g/mol. The molecule has 86 valence electrons. The molecular formula is C8H9N2O3PS2. The van der Waals surface area contributed by atoms with E-state index in [-0.39, 0.29) is 0 Å². The Morgan fingerprint density at radius 1 is 1.00 bits per heavy atom. The van der Waals surface area contributed by atoms with E-state index in [0.717, 1.165) is 0 Å². The van der Waals surface area contributed by atoms with Gasteiger partial charge < -0.3 is 20.5 Å². The minimum atomic E-state index is -2.61. The molecule has 0 aromatic carbocycles. The number of nitrogens with two attached hydrogens (primary N) is 2. The van der Waals surface area contributed by atoms with Gasteiger partial charge >= 0.3 is 8.25 Å². The van der Waals surface area contributed by atoms with Crippen LogP contribution in [0.25, 0.3) is 0 Å². The summed E-state index contributed by atoms with van der Waals surface area (Å²) in [6.07, 6.45) is 0. The quantitative estimate of drug-likeness (QED) is 0.838. The van der Waals surface area contributed by atoms with Crippen molar-refractivity contribution in [3.8, 4) is 10.1 Å². The highest BCUT2D eigenvalue weighted by molar-refractivity contribution is 7.35. The van der Waals surface area contributed by atoms with Crippen LogP contribution in [0.15, 0.2) is 22.9 Å². The molecule has 0 bridgehead atoms. The fourth-order valence-corrected chi connectivity index (χ4v) is 3.28. The summed E-state index contributed by atoms with van der Waals surface area (Å²) in [7, 11) is -2.61. The molecule has 8 heteroatoms. The fraction of sp³-hybridized carbons (Fsp3) is 0. The molecule has 2 aromatic rings. The minimum absolute atomic E-state index is 0.478. The van der Waals surface area contributed by atoms with Crippen molar-refractivity contribution in [2.45, 2.75) is 0 Å². The zero-order valence-corrected chi connectivity index (χ0v) is 10.6. The summed E-state index contributed by atoms with van der Waals surface area (Å²) in [5.74, 6) is 0. The third-order valence-electron chi connectivity index (χ3n) is 1.56. The lowest BCUT2D eigenvalue weighted by Gasteiger charge is -2.03. The van der Waals surface area contributed by atoms with Crippen LogP contribution in [0.1, 0.15) is 0 Å². The summed E-state index contributed by atoms with van der Waals surface area (Å²) in [6, 6.07) is 3.19. The van der Waals surface area contributed by atoms with E-state index in [0.29, 0.717) is 21.5 Å².